The molecule has 0 aliphatic heterocycles. The van der Waals surface area contributed by atoms with Crippen LogP contribution in [0.4, 0.5) is 0 Å². The fourth-order valence-electron chi connectivity index (χ4n) is 1.71. The van der Waals surface area contributed by atoms with Crippen LogP contribution in [0.25, 0.3) is 12.2 Å². The number of hydrogen-bond donors (Lipinski definition) is 0. The second-order valence-electron chi connectivity index (χ2n) is 3.85. The number of ether oxygens (including phenoxy) is 2. The molecule has 0 saturated carbocycles. The monoisotopic (exact) mass is 240 g/mol. The van der Waals surface area contributed by atoms with Gasteiger partial charge in [-0.1, -0.05) is 42.5 Å². The Morgan fingerprint density at radius 2 is 1.61 bits per heavy atom. The maximum absolute atomic E-state index is 5.34. The van der Waals surface area contributed by atoms with Crippen molar-refractivity contribution >= 4 is 12.2 Å². The molecule has 2 rings (SSSR count). The molecular formula is C16H16O2. The summed E-state index contributed by atoms with van der Waals surface area (Å²) >= 11 is 0. The Morgan fingerprint density at radius 3 is 2.28 bits per heavy atom. The van der Waals surface area contributed by atoms with E-state index in [9.17, 15) is 0 Å². The first-order valence-corrected chi connectivity index (χ1v) is 5.78. The molecule has 18 heavy (non-hydrogen) atoms. The Kier molecular flexibility index (Phi) is 4.02. The van der Waals surface area contributed by atoms with Crippen molar-refractivity contribution in [2.45, 2.75) is 0 Å². The van der Waals surface area contributed by atoms with Crippen molar-refractivity contribution in [3.8, 4) is 11.5 Å². The van der Waals surface area contributed by atoms with E-state index in [-0.39, 0.29) is 0 Å². The summed E-state index contributed by atoms with van der Waals surface area (Å²) in [6, 6.07) is 16.0. The first-order valence-electron chi connectivity index (χ1n) is 5.78. The summed E-state index contributed by atoms with van der Waals surface area (Å²) in [5, 5.41) is 0. The van der Waals surface area contributed by atoms with Crippen LogP contribution < -0.4 is 9.47 Å². The Hall–Kier alpha value is -2.22. The van der Waals surface area contributed by atoms with Crippen molar-refractivity contribution in [1.29, 1.82) is 0 Å². The zero-order valence-corrected chi connectivity index (χ0v) is 10.6. The van der Waals surface area contributed by atoms with Crippen LogP contribution in [0.2, 0.25) is 0 Å². The molecule has 0 radical (unpaired) electrons. The highest BCUT2D eigenvalue weighted by molar-refractivity contribution is 5.73. The van der Waals surface area contributed by atoms with E-state index in [4.69, 9.17) is 9.47 Å². The molecule has 0 saturated heterocycles. The van der Waals surface area contributed by atoms with E-state index in [1.807, 2.05) is 42.5 Å². The molecule has 0 spiro atoms. The van der Waals surface area contributed by atoms with E-state index in [2.05, 4.69) is 18.2 Å². The van der Waals surface area contributed by atoms with Crippen molar-refractivity contribution in [1.82, 2.24) is 0 Å². The van der Waals surface area contributed by atoms with E-state index in [1.54, 1.807) is 14.2 Å². The largest absolute Gasteiger partial charge is 0.497 e. The molecule has 2 aromatic carbocycles. The molecule has 0 aromatic heterocycles. The van der Waals surface area contributed by atoms with Crippen LogP contribution in [0.5, 0.6) is 11.5 Å². The average Bonchev–Trinajstić information content (AvgIpc) is 2.46. The third-order valence-corrected chi connectivity index (χ3v) is 2.70. The topological polar surface area (TPSA) is 18.5 Å². The lowest BCUT2D eigenvalue weighted by molar-refractivity contribution is 0.394. The Balaban J connectivity index is 2.26. The molecule has 0 aliphatic rings. The van der Waals surface area contributed by atoms with Crippen LogP contribution in [-0.4, -0.2) is 14.2 Å². The van der Waals surface area contributed by atoms with Gasteiger partial charge in [-0.05, 0) is 17.7 Å². The standard InChI is InChI=1S/C16H16O2/c1-17-15-11-10-14(16(12-15)18-2)9-8-13-6-4-3-5-7-13/h3-12H,1-2H3/b9-8+. The zero-order valence-electron chi connectivity index (χ0n) is 10.6. The molecule has 0 amide bonds. The Morgan fingerprint density at radius 1 is 0.833 bits per heavy atom. The van der Waals surface area contributed by atoms with Crippen LogP contribution in [0.1, 0.15) is 11.1 Å². The summed E-state index contributed by atoms with van der Waals surface area (Å²) in [5.74, 6) is 1.60. The van der Waals surface area contributed by atoms with Crippen molar-refractivity contribution in [3.05, 3.63) is 59.7 Å². The number of methoxy groups -OCH3 is 2. The highest BCUT2D eigenvalue weighted by Crippen LogP contribution is 2.26. The van der Waals surface area contributed by atoms with Crippen molar-refractivity contribution in [3.63, 3.8) is 0 Å². The average molecular weight is 240 g/mol. The smallest absolute Gasteiger partial charge is 0.129 e. The predicted octanol–water partition coefficient (Wildman–Crippen LogP) is 3.87. The summed E-state index contributed by atoms with van der Waals surface area (Å²) < 4.78 is 10.5. The van der Waals surface area contributed by atoms with Gasteiger partial charge in [0, 0.05) is 11.6 Å². The summed E-state index contributed by atoms with van der Waals surface area (Å²) in [6.07, 6.45) is 4.10. The maximum atomic E-state index is 5.34. The minimum absolute atomic E-state index is 0.795. The lowest BCUT2D eigenvalue weighted by atomic mass is 10.1. The highest BCUT2D eigenvalue weighted by Gasteiger charge is 2.01. The van der Waals surface area contributed by atoms with Gasteiger partial charge in [0.2, 0.25) is 0 Å². The minimum atomic E-state index is 0.795. The normalized spacial score (nSPS) is 10.6. The lowest BCUT2D eigenvalue weighted by Gasteiger charge is -2.07. The summed E-state index contributed by atoms with van der Waals surface area (Å²) in [4.78, 5) is 0. The van der Waals surface area contributed by atoms with Crippen LogP contribution in [0.3, 0.4) is 0 Å². The molecular weight excluding hydrogens is 224 g/mol. The van der Waals surface area contributed by atoms with E-state index >= 15 is 0 Å². The van der Waals surface area contributed by atoms with E-state index in [0.29, 0.717) is 0 Å². The predicted molar refractivity (Wildman–Crippen MR) is 74.9 cm³/mol. The lowest BCUT2D eigenvalue weighted by Crippen LogP contribution is -1.89. The van der Waals surface area contributed by atoms with Gasteiger partial charge in [0.1, 0.15) is 11.5 Å². The second kappa shape index (κ2) is 5.92. The molecule has 0 heterocycles. The first-order chi connectivity index (χ1) is 8.83. The Labute approximate surface area is 107 Å². The van der Waals surface area contributed by atoms with E-state index in [0.717, 1.165) is 22.6 Å². The number of rotatable bonds is 4. The van der Waals surface area contributed by atoms with Crippen LogP contribution in [0.15, 0.2) is 48.5 Å². The molecule has 0 aliphatic carbocycles. The fraction of sp³-hybridized carbons (Fsp3) is 0.125. The van der Waals surface area contributed by atoms with Crippen LogP contribution in [-0.2, 0) is 0 Å². The molecule has 2 nitrogen and oxygen atoms in total. The summed E-state index contributed by atoms with van der Waals surface area (Å²) in [7, 11) is 3.31. The van der Waals surface area contributed by atoms with E-state index in [1.165, 1.54) is 0 Å². The first kappa shape index (κ1) is 12.2. The SMILES string of the molecule is COc1ccc(/C=C/c2ccccc2)c(OC)c1. The third-order valence-electron chi connectivity index (χ3n) is 2.70. The second-order valence-corrected chi connectivity index (χ2v) is 3.85. The van der Waals surface area contributed by atoms with Crippen LogP contribution >= 0.6 is 0 Å². The molecule has 2 heteroatoms. The van der Waals surface area contributed by atoms with Gasteiger partial charge in [-0.25, -0.2) is 0 Å². The molecule has 0 unspecified atom stereocenters. The quantitative estimate of drug-likeness (QED) is 0.755. The highest BCUT2D eigenvalue weighted by atomic mass is 16.5. The van der Waals surface area contributed by atoms with Gasteiger partial charge in [0.05, 0.1) is 14.2 Å². The molecule has 92 valence electrons. The van der Waals surface area contributed by atoms with Gasteiger partial charge in [-0.15, -0.1) is 0 Å². The van der Waals surface area contributed by atoms with E-state index < -0.39 is 0 Å². The van der Waals surface area contributed by atoms with Gasteiger partial charge in [0.25, 0.3) is 0 Å². The van der Waals surface area contributed by atoms with Gasteiger partial charge >= 0.3 is 0 Å². The van der Waals surface area contributed by atoms with Gasteiger partial charge < -0.3 is 9.47 Å². The van der Waals surface area contributed by atoms with Gasteiger partial charge in [-0.2, -0.15) is 0 Å². The third kappa shape index (κ3) is 2.92. The Bertz CT molecular complexity index is 530. The summed E-state index contributed by atoms with van der Waals surface area (Å²) in [6.45, 7) is 0. The minimum Gasteiger partial charge on any atom is -0.497 e. The number of benzene rings is 2. The number of hydrogen-bond acceptors (Lipinski definition) is 2. The molecule has 0 N–H and O–H groups in total. The maximum Gasteiger partial charge on any atom is 0.129 e. The molecule has 0 bridgehead atoms. The zero-order chi connectivity index (χ0) is 12.8. The molecule has 0 atom stereocenters. The van der Waals surface area contributed by atoms with Gasteiger partial charge in [-0.3, -0.25) is 0 Å². The van der Waals surface area contributed by atoms with Gasteiger partial charge in [0.15, 0.2) is 0 Å². The van der Waals surface area contributed by atoms with Crippen molar-refractivity contribution < 1.29 is 9.47 Å². The van der Waals surface area contributed by atoms with Crippen LogP contribution in [0, 0.1) is 0 Å². The molecule has 0 fully saturated rings. The van der Waals surface area contributed by atoms with Crippen molar-refractivity contribution in [2.24, 2.45) is 0 Å². The molecule has 2 aromatic rings. The fourth-order valence-corrected chi connectivity index (χ4v) is 1.71. The van der Waals surface area contributed by atoms with Crippen molar-refractivity contribution in [2.75, 3.05) is 14.2 Å². The summed E-state index contributed by atoms with van der Waals surface area (Å²) in [5.41, 5.74) is 2.19.